The van der Waals surface area contributed by atoms with E-state index < -0.39 is 12.0 Å². The van der Waals surface area contributed by atoms with Gasteiger partial charge in [0.1, 0.15) is 6.04 Å². The fourth-order valence-electron chi connectivity index (χ4n) is 3.58. The van der Waals surface area contributed by atoms with Gasteiger partial charge in [0.2, 0.25) is 5.91 Å². The molecule has 1 atom stereocenters. The average Bonchev–Trinajstić information content (AvgIpc) is 3.09. The molecule has 2 rings (SSSR count). The Labute approximate surface area is 167 Å². The molecule has 0 aliphatic rings. The molecule has 1 aromatic heterocycles. The van der Waals surface area contributed by atoms with Crippen LogP contribution in [0.2, 0.25) is 0 Å². The SMILES string of the molecule is CCCCCCCCCCCC(=O)N[C@@H](Cc1c[nH]c2ccccc12)C(=O)O. The van der Waals surface area contributed by atoms with Gasteiger partial charge in [-0.2, -0.15) is 0 Å². The normalized spacial score (nSPS) is 12.2. The molecule has 0 saturated heterocycles. The minimum absolute atomic E-state index is 0.171. The standard InChI is InChI=1S/C23H34N2O3/c1-2-3-4-5-6-7-8-9-10-15-22(26)25-21(23(27)28)16-18-17-24-20-14-12-11-13-19(18)20/h11-14,17,21,24H,2-10,15-16H2,1H3,(H,25,26)(H,27,28)/t21-/m0/s1. The van der Waals surface area contributed by atoms with Crippen LogP contribution >= 0.6 is 0 Å². The van der Waals surface area contributed by atoms with Gasteiger partial charge in [-0.05, 0) is 18.1 Å². The first-order valence-corrected chi connectivity index (χ1v) is 10.7. The molecule has 5 heteroatoms. The third-order valence-corrected chi connectivity index (χ3v) is 5.24. The topological polar surface area (TPSA) is 82.2 Å². The van der Waals surface area contributed by atoms with Crippen molar-refractivity contribution in [1.82, 2.24) is 10.3 Å². The lowest BCUT2D eigenvalue weighted by Crippen LogP contribution is -2.42. The van der Waals surface area contributed by atoms with Gasteiger partial charge in [-0.1, -0.05) is 76.5 Å². The lowest BCUT2D eigenvalue weighted by molar-refractivity contribution is -0.141. The smallest absolute Gasteiger partial charge is 0.326 e. The molecular weight excluding hydrogens is 352 g/mol. The maximum Gasteiger partial charge on any atom is 0.326 e. The molecule has 0 bridgehead atoms. The summed E-state index contributed by atoms with van der Waals surface area (Å²) >= 11 is 0. The van der Waals surface area contributed by atoms with Crippen molar-refractivity contribution < 1.29 is 14.7 Å². The minimum atomic E-state index is -0.995. The highest BCUT2D eigenvalue weighted by atomic mass is 16.4. The number of nitrogens with one attached hydrogen (secondary N) is 2. The number of aromatic nitrogens is 1. The minimum Gasteiger partial charge on any atom is -0.480 e. The van der Waals surface area contributed by atoms with E-state index in [-0.39, 0.29) is 12.3 Å². The zero-order valence-electron chi connectivity index (χ0n) is 17.0. The van der Waals surface area contributed by atoms with Gasteiger partial charge >= 0.3 is 5.97 Å². The van der Waals surface area contributed by atoms with E-state index in [0.717, 1.165) is 35.7 Å². The van der Waals surface area contributed by atoms with Gasteiger partial charge in [0.25, 0.3) is 0 Å². The lowest BCUT2D eigenvalue weighted by atomic mass is 10.0. The van der Waals surface area contributed by atoms with Crippen molar-refractivity contribution in [3.8, 4) is 0 Å². The molecule has 5 nitrogen and oxygen atoms in total. The van der Waals surface area contributed by atoms with Crippen molar-refractivity contribution in [2.75, 3.05) is 0 Å². The third kappa shape index (κ3) is 7.37. The zero-order chi connectivity index (χ0) is 20.2. The van der Waals surface area contributed by atoms with Crippen LogP contribution in [0, 0.1) is 0 Å². The quantitative estimate of drug-likeness (QED) is 0.390. The van der Waals surface area contributed by atoms with Gasteiger partial charge in [0.15, 0.2) is 0 Å². The average molecular weight is 387 g/mol. The molecule has 0 unspecified atom stereocenters. The number of hydrogen-bond acceptors (Lipinski definition) is 2. The molecule has 3 N–H and O–H groups in total. The number of para-hydroxylation sites is 1. The number of rotatable bonds is 14. The Balaban J connectivity index is 1.69. The van der Waals surface area contributed by atoms with E-state index in [1.54, 1.807) is 0 Å². The van der Waals surface area contributed by atoms with Crippen LogP contribution in [-0.2, 0) is 16.0 Å². The van der Waals surface area contributed by atoms with Crippen LogP contribution in [-0.4, -0.2) is 28.0 Å². The van der Waals surface area contributed by atoms with Crippen molar-refractivity contribution in [2.45, 2.75) is 83.6 Å². The summed E-state index contributed by atoms with van der Waals surface area (Å²) in [4.78, 5) is 26.9. The van der Waals surface area contributed by atoms with E-state index >= 15 is 0 Å². The number of unbranched alkanes of at least 4 members (excludes halogenated alkanes) is 8. The van der Waals surface area contributed by atoms with Gasteiger partial charge in [0, 0.05) is 29.9 Å². The number of aromatic amines is 1. The molecule has 0 saturated carbocycles. The van der Waals surface area contributed by atoms with Gasteiger partial charge in [-0.15, -0.1) is 0 Å². The predicted molar refractivity (Wildman–Crippen MR) is 113 cm³/mol. The van der Waals surface area contributed by atoms with Crippen LogP contribution in [0.4, 0.5) is 0 Å². The number of H-pyrrole nitrogens is 1. The summed E-state index contributed by atoms with van der Waals surface area (Å²) in [5.41, 5.74) is 1.88. The van der Waals surface area contributed by atoms with Crippen molar-refractivity contribution in [2.24, 2.45) is 0 Å². The van der Waals surface area contributed by atoms with Gasteiger partial charge in [-0.25, -0.2) is 4.79 Å². The summed E-state index contributed by atoms with van der Waals surface area (Å²) in [6.45, 7) is 2.22. The van der Waals surface area contributed by atoms with Crippen molar-refractivity contribution in [1.29, 1.82) is 0 Å². The molecule has 0 fully saturated rings. The van der Waals surface area contributed by atoms with E-state index in [9.17, 15) is 14.7 Å². The van der Waals surface area contributed by atoms with Gasteiger partial charge in [-0.3, -0.25) is 4.79 Å². The number of carboxylic acid groups (broad SMARTS) is 1. The fourth-order valence-corrected chi connectivity index (χ4v) is 3.58. The molecule has 28 heavy (non-hydrogen) atoms. The lowest BCUT2D eigenvalue weighted by Gasteiger charge is -2.14. The van der Waals surface area contributed by atoms with Crippen molar-refractivity contribution in [3.63, 3.8) is 0 Å². The molecule has 0 radical (unpaired) electrons. The summed E-state index contributed by atoms with van der Waals surface area (Å²) in [6, 6.07) is 6.88. The Bertz CT molecular complexity index is 738. The molecule has 0 aliphatic heterocycles. The maximum atomic E-state index is 12.2. The molecule has 1 heterocycles. The number of fused-ring (bicyclic) bond motifs is 1. The summed E-state index contributed by atoms with van der Waals surface area (Å²) in [5, 5.41) is 13.2. The number of carboxylic acids is 1. The molecule has 1 amide bonds. The second-order valence-electron chi connectivity index (χ2n) is 7.60. The van der Waals surface area contributed by atoms with Crippen LogP contribution in [0.15, 0.2) is 30.5 Å². The highest BCUT2D eigenvalue weighted by Gasteiger charge is 2.21. The van der Waals surface area contributed by atoms with Crippen molar-refractivity contribution in [3.05, 3.63) is 36.0 Å². The largest absolute Gasteiger partial charge is 0.480 e. The summed E-state index contributed by atoms with van der Waals surface area (Å²) in [7, 11) is 0. The van der Waals surface area contributed by atoms with E-state index in [4.69, 9.17) is 0 Å². The first-order valence-electron chi connectivity index (χ1n) is 10.7. The highest BCUT2D eigenvalue weighted by Crippen LogP contribution is 2.19. The summed E-state index contributed by atoms with van der Waals surface area (Å²) in [5.74, 6) is -1.17. The van der Waals surface area contributed by atoms with Crippen LogP contribution in [0.5, 0.6) is 0 Å². The van der Waals surface area contributed by atoms with Crippen LogP contribution in [0.1, 0.15) is 76.7 Å². The highest BCUT2D eigenvalue weighted by molar-refractivity contribution is 5.86. The van der Waals surface area contributed by atoms with Gasteiger partial charge < -0.3 is 15.4 Å². The molecule has 154 valence electrons. The Hall–Kier alpha value is -2.30. The molecular formula is C23H34N2O3. The first kappa shape index (κ1) is 22.0. The monoisotopic (exact) mass is 386 g/mol. The fraction of sp³-hybridized carbons (Fsp3) is 0.565. The number of carbonyl (C=O) groups excluding carboxylic acids is 1. The Kier molecular flexibility index (Phi) is 9.60. The Morgan fingerprint density at radius 2 is 1.64 bits per heavy atom. The second-order valence-corrected chi connectivity index (χ2v) is 7.60. The second kappa shape index (κ2) is 12.2. The Morgan fingerprint density at radius 1 is 1.00 bits per heavy atom. The number of amides is 1. The third-order valence-electron chi connectivity index (χ3n) is 5.24. The van der Waals surface area contributed by atoms with Crippen LogP contribution in [0.25, 0.3) is 10.9 Å². The zero-order valence-corrected chi connectivity index (χ0v) is 17.0. The first-order chi connectivity index (χ1) is 13.6. The van der Waals surface area contributed by atoms with E-state index in [1.807, 2.05) is 30.5 Å². The number of hydrogen-bond donors (Lipinski definition) is 3. The van der Waals surface area contributed by atoms with Crippen LogP contribution < -0.4 is 5.32 Å². The number of carbonyl (C=O) groups is 2. The predicted octanol–water partition coefficient (Wildman–Crippen LogP) is 5.20. The van der Waals surface area contributed by atoms with Crippen molar-refractivity contribution >= 4 is 22.8 Å². The van der Waals surface area contributed by atoms with E-state index in [1.165, 1.54) is 38.5 Å². The molecule has 2 aromatic rings. The number of aliphatic carboxylic acids is 1. The molecule has 0 spiro atoms. The van der Waals surface area contributed by atoms with Crippen LogP contribution in [0.3, 0.4) is 0 Å². The van der Waals surface area contributed by atoms with Gasteiger partial charge in [0.05, 0.1) is 0 Å². The van der Waals surface area contributed by atoms with E-state index in [2.05, 4.69) is 17.2 Å². The summed E-state index contributed by atoms with van der Waals surface area (Å²) < 4.78 is 0. The number of benzene rings is 1. The molecule has 1 aromatic carbocycles. The molecule has 0 aliphatic carbocycles. The maximum absolute atomic E-state index is 12.2. The summed E-state index contributed by atoms with van der Waals surface area (Å²) in [6.07, 6.45) is 13.2. The van der Waals surface area contributed by atoms with E-state index in [0.29, 0.717) is 6.42 Å². The Morgan fingerprint density at radius 3 is 2.32 bits per heavy atom.